The zero-order chi connectivity index (χ0) is 19.3. The fourth-order valence-electron chi connectivity index (χ4n) is 2.87. The van der Waals surface area contributed by atoms with E-state index < -0.39 is 10.0 Å². The van der Waals surface area contributed by atoms with Crippen LogP contribution in [0.15, 0.2) is 41.3 Å². The molecule has 0 aromatic heterocycles. The first-order valence-corrected chi connectivity index (χ1v) is 10.1. The van der Waals surface area contributed by atoms with Gasteiger partial charge in [0.1, 0.15) is 0 Å². The molecule has 0 unspecified atom stereocenters. The minimum Gasteiger partial charge on any atom is -0.355 e. The van der Waals surface area contributed by atoms with E-state index in [1.165, 1.54) is 0 Å². The van der Waals surface area contributed by atoms with Gasteiger partial charge in [-0.15, -0.1) is 0 Å². The van der Waals surface area contributed by atoms with E-state index in [1.807, 2.05) is 50.2 Å². The first kappa shape index (κ1) is 20.1. The predicted octanol–water partition coefficient (Wildman–Crippen LogP) is 2.56. The van der Waals surface area contributed by atoms with Crippen LogP contribution >= 0.6 is 0 Å². The number of hydrogen-bond acceptors (Lipinski definition) is 3. The Hall–Kier alpha value is -2.18. The lowest BCUT2D eigenvalue weighted by atomic mass is 10.0. The van der Waals surface area contributed by atoms with Gasteiger partial charge in [0.15, 0.2) is 0 Å². The van der Waals surface area contributed by atoms with Gasteiger partial charge in [-0.25, -0.2) is 13.1 Å². The van der Waals surface area contributed by atoms with E-state index in [0.29, 0.717) is 24.1 Å². The van der Waals surface area contributed by atoms with E-state index in [0.717, 1.165) is 16.7 Å². The molecule has 2 aromatic carbocycles. The number of amides is 1. The maximum absolute atomic E-state index is 12.7. The summed E-state index contributed by atoms with van der Waals surface area (Å²) in [5, 5.41) is 2.74. The largest absolute Gasteiger partial charge is 0.355 e. The summed E-state index contributed by atoms with van der Waals surface area (Å²) in [6.45, 7) is 7.54. The van der Waals surface area contributed by atoms with Gasteiger partial charge in [-0.3, -0.25) is 4.79 Å². The van der Waals surface area contributed by atoms with Crippen molar-refractivity contribution in [1.82, 2.24) is 10.0 Å². The summed E-state index contributed by atoms with van der Waals surface area (Å²) in [4.78, 5) is 12.2. The molecule has 0 aliphatic heterocycles. The normalized spacial score (nSPS) is 11.4. The Kier molecular flexibility index (Phi) is 6.56. The molecule has 140 valence electrons. The molecule has 6 heteroatoms. The average Bonchev–Trinajstić information content (AvgIpc) is 2.59. The molecule has 0 saturated carbocycles. The van der Waals surface area contributed by atoms with E-state index in [-0.39, 0.29) is 17.3 Å². The van der Waals surface area contributed by atoms with Crippen LogP contribution in [0, 0.1) is 27.7 Å². The third-order valence-corrected chi connectivity index (χ3v) is 6.24. The Morgan fingerprint density at radius 1 is 0.962 bits per heavy atom. The van der Waals surface area contributed by atoms with Gasteiger partial charge in [-0.05, 0) is 61.9 Å². The van der Waals surface area contributed by atoms with Gasteiger partial charge < -0.3 is 5.32 Å². The fourth-order valence-corrected chi connectivity index (χ4v) is 4.46. The molecule has 0 aliphatic carbocycles. The smallest absolute Gasteiger partial charge is 0.241 e. The van der Waals surface area contributed by atoms with E-state index in [2.05, 4.69) is 10.0 Å². The molecule has 0 fully saturated rings. The number of rotatable bonds is 7. The van der Waals surface area contributed by atoms with Crippen molar-refractivity contribution in [2.24, 2.45) is 0 Å². The second kappa shape index (κ2) is 8.47. The number of aryl methyl sites for hydroxylation is 2. The van der Waals surface area contributed by atoms with Gasteiger partial charge in [0, 0.05) is 6.54 Å². The van der Waals surface area contributed by atoms with Crippen LogP contribution in [0.2, 0.25) is 0 Å². The molecule has 0 atom stereocenters. The summed E-state index contributed by atoms with van der Waals surface area (Å²) in [5.74, 6) is -0.343. The van der Waals surface area contributed by atoms with Crippen LogP contribution in [0.1, 0.15) is 27.8 Å². The van der Waals surface area contributed by atoms with Crippen LogP contribution in [-0.4, -0.2) is 27.4 Å². The first-order valence-electron chi connectivity index (χ1n) is 8.60. The maximum atomic E-state index is 12.7. The molecule has 0 aliphatic rings. The summed E-state index contributed by atoms with van der Waals surface area (Å²) in [6, 6.07) is 11.8. The summed E-state index contributed by atoms with van der Waals surface area (Å²) in [7, 11) is -3.75. The summed E-state index contributed by atoms with van der Waals surface area (Å²) in [6.07, 6.45) is 0.703. The van der Waals surface area contributed by atoms with Crippen molar-refractivity contribution in [2.75, 3.05) is 13.1 Å². The van der Waals surface area contributed by atoms with Crippen LogP contribution in [0.3, 0.4) is 0 Å². The van der Waals surface area contributed by atoms with Gasteiger partial charge >= 0.3 is 0 Å². The van der Waals surface area contributed by atoms with Crippen LogP contribution < -0.4 is 10.0 Å². The Balaban J connectivity index is 1.97. The van der Waals surface area contributed by atoms with Gasteiger partial charge in [0.2, 0.25) is 15.9 Å². The molecule has 0 saturated heterocycles. The van der Waals surface area contributed by atoms with Crippen LogP contribution in [0.4, 0.5) is 0 Å². The van der Waals surface area contributed by atoms with E-state index in [1.54, 1.807) is 13.8 Å². The first-order chi connectivity index (χ1) is 12.2. The maximum Gasteiger partial charge on any atom is 0.241 e. The molecular weight excluding hydrogens is 348 g/mol. The summed E-state index contributed by atoms with van der Waals surface area (Å²) in [5.41, 5.74) is 4.38. The highest BCUT2D eigenvalue weighted by molar-refractivity contribution is 7.89. The highest BCUT2D eigenvalue weighted by atomic mass is 32.2. The van der Waals surface area contributed by atoms with Gasteiger partial charge in [-0.1, -0.05) is 36.4 Å². The Morgan fingerprint density at radius 2 is 1.54 bits per heavy atom. The molecule has 0 heterocycles. The van der Waals surface area contributed by atoms with Crippen LogP contribution in [-0.2, 0) is 21.2 Å². The molecule has 0 radical (unpaired) electrons. The standard InChI is InChI=1S/C20H26N2O3S/c1-14-12-15(2)17(4)20(16(14)3)26(24,25)22-13-19(23)21-11-10-18-8-6-5-7-9-18/h5-9,12,22H,10-11,13H2,1-4H3,(H,21,23). The topological polar surface area (TPSA) is 75.3 Å². The molecule has 2 aromatic rings. The summed E-state index contributed by atoms with van der Waals surface area (Å²) >= 11 is 0. The third kappa shape index (κ3) is 4.93. The lowest BCUT2D eigenvalue weighted by molar-refractivity contribution is -0.119. The minimum atomic E-state index is -3.75. The van der Waals surface area contributed by atoms with Gasteiger partial charge in [0.05, 0.1) is 11.4 Å². The molecule has 0 bridgehead atoms. The number of hydrogen-bond donors (Lipinski definition) is 2. The number of nitrogens with one attached hydrogen (secondary N) is 2. The lowest BCUT2D eigenvalue weighted by Gasteiger charge is -2.16. The monoisotopic (exact) mass is 374 g/mol. The Labute approximate surface area is 155 Å². The predicted molar refractivity (Wildman–Crippen MR) is 104 cm³/mol. The van der Waals surface area contributed by atoms with Crippen molar-refractivity contribution in [1.29, 1.82) is 0 Å². The zero-order valence-corrected chi connectivity index (χ0v) is 16.5. The quantitative estimate of drug-likeness (QED) is 0.782. The van der Waals surface area contributed by atoms with Crippen molar-refractivity contribution in [3.63, 3.8) is 0 Å². The van der Waals surface area contributed by atoms with Crippen molar-refractivity contribution >= 4 is 15.9 Å². The highest BCUT2D eigenvalue weighted by Gasteiger charge is 2.22. The zero-order valence-electron chi connectivity index (χ0n) is 15.7. The molecule has 26 heavy (non-hydrogen) atoms. The molecule has 2 N–H and O–H groups in total. The van der Waals surface area contributed by atoms with Crippen LogP contribution in [0.25, 0.3) is 0 Å². The molecular formula is C20H26N2O3S. The summed E-state index contributed by atoms with van der Waals surface area (Å²) < 4.78 is 27.8. The fraction of sp³-hybridized carbons (Fsp3) is 0.350. The SMILES string of the molecule is Cc1cc(C)c(C)c(S(=O)(=O)NCC(=O)NCCc2ccccc2)c1C. The van der Waals surface area contributed by atoms with Gasteiger partial charge in [-0.2, -0.15) is 0 Å². The van der Waals surface area contributed by atoms with Crippen molar-refractivity contribution in [3.8, 4) is 0 Å². The van der Waals surface area contributed by atoms with Crippen LogP contribution in [0.5, 0.6) is 0 Å². The molecule has 0 spiro atoms. The molecule has 2 rings (SSSR count). The Morgan fingerprint density at radius 3 is 2.12 bits per heavy atom. The lowest BCUT2D eigenvalue weighted by Crippen LogP contribution is -2.38. The van der Waals surface area contributed by atoms with Crippen molar-refractivity contribution in [2.45, 2.75) is 39.0 Å². The van der Waals surface area contributed by atoms with E-state index >= 15 is 0 Å². The highest BCUT2D eigenvalue weighted by Crippen LogP contribution is 2.25. The van der Waals surface area contributed by atoms with E-state index in [9.17, 15) is 13.2 Å². The minimum absolute atomic E-state index is 0.270. The van der Waals surface area contributed by atoms with Crippen molar-refractivity contribution < 1.29 is 13.2 Å². The number of carbonyl (C=O) groups excluding carboxylic acids is 1. The number of carbonyl (C=O) groups is 1. The Bertz CT molecular complexity index is 865. The number of sulfonamides is 1. The van der Waals surface area contributed by atoms with Crippen molar-refractivity contribution in [3.05, 3.63) is 64.2 Å². The number of benzene rings is 2. The van der Waals surface area contributed by atoms with E-state index in [4.69, 9.17) is 0 Å². The van der Waals surface area contributed by atoms with Gasteiger partial charge in [0.25, 0.3) is 0 Å². The average molecular weight is 375 g/mol. The molecule has 5 nitrogen and oxygen atoms in total. The second-order valence-corrected chi connectivity index (χ2v) is 8.20. The second-order valence-electron chi connectivity index (χ2n) is 6.50. The third-order valence-electron chi connectivity index (χ3n) is 4.57. The molecule has 1 amide bonds.